The normalized spacial score (nSPS) is 21.3. The minimum atomic E-state index is -1.80. The van der Waals surface area contributed by atoms with Crippen LogP contribution in [0.25, 0.3) is 44.0 Å². The van der Waals surface area contributed by atoms with Crippen LogP contribution in [-0.4, -0.2) is 62.8 Å². The van der Waals surface area contributed by atoms with Gasteiger partial charge in [-0.05, 0) is 54.6 Å². The van der Waals surface area contributed by atoms with Crippen molar-refractivity contribution in [3.05, 3.63) is 104 Å². The van der Waals surface area contributed by atoms with Crippen LogP contribution in [-0.2, 0) is 4.74 Å². The molecule has 240 valence electrons. The van der Waals surface area contributed by atoms with Gasteiger partial charge in [0.25, 0.3) is 0 Å². The Morgan fingerprint density at radius 1 is 0.660 bits per heavy atom. The summed E-state index contributed by atoms with van der Waals surface area (Å²) in [5.74, 6) is -0.664. The van der Waals surface area contributed by atoms with E-state index in [2.05, 4.69) is 0 Å². The Balaban J connectivity index is 1.40. The zero-order chi connectivity index (χ0) is 33.0. The predicted molar refractivity (Wildman–Crippen MR) is 163 cm³/mol. The molecule has 3 aromatic heterocycles. The Kier molecular flexibility index (Phi) is 7.50. The molecule has 0 bridgehead atoms. The standard InChI is InChI=1S/C33H24O14/c34-13-22-27(38)28(39)29(40)33(45-22)44-19-8-3-16-11-21(42-17-6-1-14-4-9-23(36)43-20(14)12-17)32(41)47-31(16)26(19)25-18(35)7-2-15-5-10-24(37)46-30(15)25/h1-12,22,27-29,33-35,38-40H,13H2/t22-,27-,28+,29-,33-/m1/s1. The number of hydrogen-bond acceptors (Lipinski definition) is 14. The quantitative estimate of drug-likeness (QED) is 0.164. The smallest absolute Gasteiger partial charge is 0.379 e. The van der Waals surface area contributed by atoms with E-state index in [4.69, 9.17) is 27.5 Å². The Bertz CT molecular complexity index is 2340. The fraction of sp³-hybridized carbons (Fsp3) is 0.182. The summed E-state index contributed by atoms with van der Waals surface area (Å²) in [5, 5.41) is 53.2. The van der Waals surface area contributed by atoms with Gasteiger partial charge >= 0.3 is 16.9 Å². The van der Waals surface area contributed by atoms with Gasteiger partial charge < -0.3 is 53.0 Å². The minimum absolute atomic E-state index is 0.0933. The van der Waals surface area contributed by atoms with Crippen LogP contribution in [0.3, 0.4) is 0 Å². The molecule has 0 aliphatic carbocycles. The molecular weight excluding hydrogens is 620 g/mol. The highest BCUT2D eigenvalue weighted by Crippen LogP contribution is 2.45. The average molecular weight is 645 g/mol. The van der Waals surface area contributed by atoms with Gasteiger partial charge in [-0.1, -0.05) is 0 Å². The number of fused-ring (bicyclic) bond motifs is 3. The van der Waals surface area contributed by atoms with Gasteiger partial charge in [-0.2, -0.15) is 0 Å². The zero-order valence-electron chi connectivity index (χ0n) is 23.9. The van der Waals surface area contributed by atoms with Crippen LogP contribution in [0.5, 0.6) is 23.0 Å². The van der Waals surface area contributed by atoms with E-state index >= 15 is 0 Å². The van der Waals surface area contributed by atoms with Gasteiger partial charge in [0.15, 0.2) is 5.58 Å². The molecule has 14 heteroatoms. The summed E-state index contributed by atoms with van der Waals surface area (Å²) >= 11 is 0. The first-order valence-corrected chi connectivity index (χ1v) is 14.2. The number of ether oxygens (including phenoxy) is 3. The van der Waals surface area contributed by atoms with E-state index in [1.54, 1.807) is 18.2 Å². The Labute approximate surface area is 261 Å². The maximum atomic E-state index is 13.4. The Hall–Kier alpha value is -5.51. The summed E-state index contributed by atoms with van der Waals surface area (Å²) in [7, 11) is 0. The molecule has 7 rings (SSSR count). The van der Waals surface area contributed by atoms with E-state index in [1.807, 2.05) is 0 Å². The molecule has 1 aliphatic rings. The first kappa shape index (κ1) is 30.2. The maximum absolute atomic E-state index is 13.4. The second-order valence-corrected chi connectivity index (χ2v) is 10.8. The predicted octanol–water partition coefficient (Wildman–Crippen LogP) is 2.35. The van der Waals surface area contributed by atoms with Crippen LogP contribution >= 0.6 is 0 Å². The zero-order valence-corrected chi connectivity index (χ0v) is 23.9. The van der Waals surface area contributed by atoms with Gasteiger partial charge in [-0.25, -0.2) is 14.4 Å². The molecule has 14 nitrogen and oxygen atoms in total. The molecule has 0 unspecified atom stereocenters. The van der Waals surface area contributed by atoms with E-state index in [-0.39, 0.29) is 50.5 Å². The van der Waals surface area contributed by atoms with Crippen molar-refractivity contribution in [1.82, 2.24) is 0 Å². The highest BCUT2D eigenvalue weighted by molar-refractivity contribution is 6.05. The molecule has 6 aromatic rings. The molecular formula is C33H24O14. The lowest BCUT2D eigenvalue weighted by atomic mass is 9.97. The van der Waals surface area contributed by atoms with Gasteiger partial charge in [0.1, 0.15) is 52.8 Å². The number of phenolic OH excluding ortho intramolecular Hbond substituents is 1. The molecule has 5 N–H and O–H groups in total. The molecule has 0 spiro atoms. The Morgan fingerprint density at radius 2 is 1.34 bits per heavy atom. The van der Waals surface area contributed by atoms with Crippen molar-refractivity contribution in [3.63, 3.8) is 0 Å². The lowest BCUT2D eigenvalue weighted by molar-refractivity contribution is -0.277. The third-order valence-electron chi connectivity index (χ3n) is 7.76. The number of rotatable bonds is 6. The summed E-state index contributed by atoms with van der Waals surface area (Å²) in [5.41, 5.74) is -2.54. The van der Waals surface area contributed by atoms with Crippen LogP contribution < -0.4 is 26.4 Å². The van der Waals surface area contributed by atoms with Crippen LogP contribution in [0.1, 0.15) is 0 Å². The number of aromatic hydroxyl groups is 1. The Morgan fingerprint density at radius 3 is 2.13 bits per heavy atom. The number of hydrogen-bond donors (Lipinski definition) is 5. The van der Waals surface area contributed by atoms with E-state index in [9.17, 15) is 39.9 Å². The fourth-order valence-corrected chi connectivity index (χ4v) is 5.44. The highest BCUT2D eigenvalue weighted by atomic mass is 16.7. The number of phenols is 1. The van der Waals surface area contributed by atoms with Crippen molar-refractivity contribution in [1.29, 1.82) is 0 Å². The monoisotopic (exact) mass is 644 g/mol. The van der Waals surface area contributed by atoms with Gasteiger partial charge in [0, 0.05) is 34.4 Å². The number of benzene rings is 3. The average Bonchev–Trinajstić information content (AvgIpc) is 3.05. The fourth-order valence-electron chi connectivity index (χ4n) is 5.44. The van der Waals surface area contributed by atoms with Crippen LogP contribution in [0.4, 0.5) is 0 Å². The summed E-state index contributed by atoms with van der Waals surface area (Å²) in [6.07, 6.45) is -8.18. The second kappa shape index (κ2) is 11.7. The van der Waals surface area contributed by atoms with Crippen molar-refractivity contribution in [2.24, 2.45) is 0 Å². The molecule has 0 amide bonds. The van der Waals surface area contributed by atoms with E-state index < -0.39 is 59.9 Å². The maximum Gasteiger partial charge on any atom is 0.379 e. The van der Waals surface area contributed by atoms with E-state index in [0.717, 1.165) is 0 Å². The van der Waals surface area contributed by atoms with Gasteiger partial charge in [0.05, 0.1) is 17.7 Å². The lowest BCUT2D eigenvalue weighted by Gasteiger charge is -2.39. The molecule has 0 radical (unpaired) electrons. The van der Waals surface area contributed by atoms with Crippen molar-refractivity contribution >= 4 is 32.9 Å². The number of aliphatic hydroxyl groups is 4. The van der Waals surface area contributed by atoms with E-state index in [0.29, 0.717) is 10.8 Å². The first-order chi connectivity index (χ1) is 22.6. The van der Waals surface area contributed by atoms with Crippen molar-refractivity contribution in [2.45, 2.75) is 30.7 Å². The topological polar surface area (TPSA) is 219 Å². The van der Waals surface area contributed by atoms with Gasteiger partial charge in [0.2, 0.25) is 12.0 Å². The summed E-state index contributed by atoms with van der Waals surface area (Å²) < 4.78 is 33.6. The summed E-state index contributed by atoms with van der Waals surface area (Å²) in [4.78, 5) is 37.3. The van der Waals surface area contributed by atoms with Crippen LogP contribution in [0.2, 0.25) is 0 Å². The third kappa shape index (κ3) is 5.39. The highest BCUT2D eigenvalue weighted by Gasteiger charge is 2.45. The molecule has 5 atom stereocenters. The first-order valence-electron chi connectivity index (χ1n) is 14.2. The molecule has 0 saturated carbocycles. The molecule has 1 aliphatic heterocycles. The number of aliphatic hydroxyl groups excluding tert-OH is 4. The minimum Gasteiger partial charge on any atom is -0.507 e. The molecule has 4 heterocycles. The second-order valence-electron chi connectivity index (χ2n) is 10.8. The third-order valence-corrected chi connectivity index (χ3v) is 7.76. The van der Waals surface area contributed by atoms with E-state index in [1.165, 1.54) is 54.6 Å². The molecule has 3 aromatic carbocycles. The molecule has 1 fully saturated rings. The molecule has 47 heavy (non-hydrogen) atoms. The largest absolute Gasteiger partial charge is 0.507 e. The van der Waals surface area contributed by atoms with Crippen LogP contribution in [0, 0.1) is 0 Å². The summed E-state index contributed by atoms with van der Waals surface area (Å²) in [6.45, 7) is -0.717. The van der Waals surface area contributed by atoms with Crippen molar-refractivity contribution in [2.75, 3.05) is 6.61 Å². The SMILES string of the molecule is O=c1ccc2ccc(Oc3cc4ccc(O[C@@H]5O[C@H](CO)[C@@H](O)[C@H](O)[C@H]5O)c(-c5c(O)ccc6ccc(=O)oc56)c4oc3=O)cc2o1. The van der Waals surface area contributed by atoms with Crippen molar-refractivity contribution in [3.8, 4) is 34.1 Å². The lowest BCUT2D eigenvalue weighted by Crippen LogP contribution is -2.60. The van der Waals surface area contributed by atoms with Gasteiger partial charge in [-0.15, -0.1) is 0 Å². The van der Waals surface area contributed by atoms with Crippen LogP contribution in [0.15, 0.2) is 100 Å². The van der Waals surface area contributed by atoms with Crippen molar-refractivity contribution < 1.29 is 53.0 Å². The van der Waals surface area contributed by atoms with Gasteiger partial charge in [-0.3, -0.25) is 0 Å². The summed E-state index contributed by atoms with van der Waals surface area (Å²) in [6, 6.07) is 17.1. The molecule has 1 saturated heterocycles.